The fourth-order valence-corrected chi connectivity index (χ4v) is 18.7. The van der Waals surface area contributed by atoms with E-state index in [9.17, 15) is 28.8 Å². The van der Waals surface area contributed by atoms with Gasteiger partial charge in [0.1, 0.15) is 41.9 Å². The van der Waals surface area contributed by atoms with E-state index in [0.717, 1.165) is 91.1 Å². The monoisotopic (exact) mass is 1650 g/mol. The van der Waals surface area contributed by atoms with Gasteiger partial charge in [0.2, 0.25) is 50.6 Å². The van der Waals surface area contributed by atoms with E-state index >= 15 is 17.0 Å². The predicted octanol–water partition coefficient (Wildman–Crippen LogP) is 10.3. The normalized spacial score (nSPS) is 16.5. The molecule has 3 fully saturated rings. The molecule has 6 N–H and O–H groups in total. The van der Waals surface area contributed by atoms with Crippen LogP contribution in [-0.4, -0.2) is 174 Å². The number of hydrogen-bond donors (Lipinski definition) is 6. The van der Waals surface area contributed by atoms with Crippen LogP contribution in [0.5, 0.6) is 5.75 Å². The number of carbonyl (C=O) groups excluding carboxylic acids is 6. The first-order valence-electron chi connectivity index (χ1n) is 41.6. The van der Waals surface area contributed by atoms with Gasteiger partial charge in [-0.3, -0.25) is 24.0 Å². The lowest BCUT2D eigenvalue weighted by Crippen LogP contribution is -3.00. The topological polar surface area (TPSA) is 261 Å². The van der Waals surface area contributed by atoms with E-state index in [1.165, 1.54) is 4.31 Å². The summed E-state index contributed by atoms with van der Waals surface area (Å²) < 4.78 is 86.9. The first kappa shape index (κ1) is 86.9. The van der Waals surface area contributed by atoms with Crippen molar-refractivity contribution in [2.45, 2.75) is 153 Å². The van der Waals surface area contributed by atoms with E-state index < -0.39 is 40.9 Å². The van der Waals surface area contributed by atoms with Crippen molar-refractivity contribution in [3.05, 3.63) is 186 Å². The van der Waals surface area contributed by atoms with Crippen molar-refractivity contribution in [1.82, 2.24) is 50.2 Å². The number of urea groups is 1. The number of allylic oxidation sites excluding steroid dienone is 2. The van der Waals surface area contributed by atoms with Crippen LogP contribution in [-0.2, 0) is 38.7 Å². The molecule has 0 spiro atoms. The number of hydrogen-bond acceptors (Lipinski definition) is 12. The van der Waals surface area contributed by atoms with Gasteiger partial charge in [0.15, 0.2) is 5.70 Å². The minimum Gasteiger partial charge on any atom is -1.00 e. The molecule has 2 atom stereocenters. The number of unbranched alkanes of at least 4 members (excludes halogenated alkanes) is 4. The molecule has 0 bridgehead atoms. The van der Waals surface area contributed by atoms with Gasteiger partial charge in [0.25, 0.3) is 0 Å². The van der Waals surface area contributed by atoms with E-state index in [-0.39, 0.29) is 91.8 Å². The molecule has 5 aliphatic heterocycles. The van der Waals surface area contributed by atoms with Gasteiger partial charge in [-0.25, -0.2) is 13.2 Å². The number of amides is 7. The summed E-state index contributed by atoms with van der Waals surface area (Å²) in [5, 5.41) is 19.7. The molecule has 28 heteroatoms. The van der Waals surface area contributed by atoms with Crippen LogP contribution in [0.15, 0.2) is 184 Å². The summed E-state index contributed by atoms with van der Waals surface area (Å²) in [5.74, 6) is -0.269. The average molecular weight is 1650 g/mol. The number of nitrogens with zero attached hydrogens (tertiary/aromatic N) is 6. The van der Waals surface area contributed by atoms with Crippen LogP contribution in [0.25, 0.3) is 50.8 Å². The van der Waals surface area contributed by atoms with Crippen molar-refractivity contribution >= 4 is 92.4 Å². The zero-order valence-electron chi connectivity index (χ0n) is 68.2. The Morgan fingerprint density at radius 1 is 0.661 bits per heavy atom. The standard InChI is InChI=1S/C90H109BF2N12O11S.ClH/c1-62-73(63(2)104-80(62)59-71-38-44-79(105(71)91(104,92)93)65-34-39-72(114-5)40-35-65)43-45-85(107)95-48-20-9-16-33-84(106)94-49-21-19-31-77(98-89(110)78(58-64-24-10-6-11-25-64)99-90(111)102-54-56-115-57-55-102)88(109)97-51-23-22-50-96-87(108)66-46-52-103(53-47-66)117(112,113)83-32-18-17-30-76(83)86-74-41-36-69(100(3)67-26-12-7-13-27-67)60-81(74)116-82-61-70(37-42-75(82)86)101(4)68-28-14-8-15-29-68;/h7-8,12-15,17-18,26-30,32,34-42,44,59-61,64,66,77-78H,6,9-11,16,19-25,31,33,43,45-58H2,1-5H3,(H5-,94,95,96,97,98,99,106,107,108,109,110,111);1H/t77-,78-;/m0./s1. The number of para-hydroxylation sites is 2. The predicted molar refractivity (Wildman–Crippen MR) is 454 cm³/mol. The molecule has 6 aromatic rings. The van der Waals surface area contributed by atoms with Gasteiger partial charge in [-0.1, -0.05) is 93.1 Å². The Morgan fingerprint density at radius 3 is 2.04 bits per heavy atom. The number of piperidine rings is 1. The number of anilines is 2. The van der Waals surface area contributed by atoms with Gasteiger partial charge < -0.3 is 85.6 Å². The maximum Gasteiger partial charge on any atom is 0.737 e. The maximum absolute atomic E-state index is 16.6. The molecule has 1 saturated carbocycles. The fraction of sp³-hybridized carbons (Fsp3) is 0.422. The highest BCUT2D eigenvalue weighted by atomic mass is 35.5. The van der Waals surface area contributed by atoms with Gasteiger partial charge >= 0.3 is 13.0 Å². The zero-order chi connectivity index (χ0) is 82.2. The molecule has 118 heavy (non-hydrogen) atoms. The van der Waals surface area contributed by atoms with Crippen LogP contribution in [0.3, 0.4) is 0 Å². The van der Waals surface area contributed by atoms with Crippen LogP contribution >= 0.6 is 0 Å². The number of benzene rings is 6. The van der Waals surface area contributed by atoms with E-state index in [2.05, 4.69) is 41.4 Å². The first-order chi connectivity index (χ1) is 56.7. The quantitative estimate of drug-likeness (QED) is 0.00953. The van der Waals surface area contributed by atoms with Crippen LogP contribution < -0.4 is 63.9 Å². The molecule has 6 heterocycles. The lowest BCUT2D eigenvalue weighted by atomic mass is 9.84. The highest BCUT2D eigenvalue weighted by molar-refractivity contribution is 7.89. The molecule has 23 nitrogen and oxygen atoms in total. The van der Waals surface area contributed by atoms with Crippen LogP contribution in [0.1, 0.15) is 142 Å². The minimum atomic E-state index is -4.25. The lowest BCUT2D eigenvalue weighted by molar-refractivity contribution is -0.362. The molecule has 13 rings (SSSR count). The summed E-state index contributed by atoms with van der Waals surface area (Å²) in [7, 11) is 1.44. The molecule has 0 unspecified atom stereocenters. The zero-order valence-corrected chi connectivity index (χ0v) is 69.8. The summed E-state index contributed by atoms with van der Waals surface area (Å²) in [5.41, 5.74) is 9.22. The molecular weight excluding hydrogens is 1540 g/mol. The number of nitrogens with one attached hydrogen (secondary N) is 6. The first-order valence-corrected chi connectivity index (χ1v) is 43.1. The third-order valence-electron chi connectivity index (χ3n) is 23.8. The van der Waals surface area contributed by atoms with Crippen molar-refractivity contribution < 1.29 is 76.6 Å². The second-order valence-corrected chi connectivity index (χ2v) is 33.3. The average Bonchev–Trinajstić information content (AvgIpc) is 1.53. The molecule has 2 aliphatic carbocycles. The Balaban J connectivity index is 0.0000128. The van der Waals surface area contributed by atoms with Crippen LogP contribution in [0, 0.1) is 11.8 Å². The Hall–Kier alpha value is -10.5. The Bertz CT molecular complexity index is 5160. The molecule has 2 saturated heterocycles. The minimum absolute atomic E-state index is 0. The smallest absolute Gasteiger partial charge is 0.737 e. The van der Waals surface area contributed by atoms with Gasteiger partial charge in [-0.2, -0.15) is 8.88 Å². The van der Waals surface area contributed by atoms with E-state index in [1.807, 2.05) is 130 Å². The van der Waals surface area contributed by atoms with Crippen LogP contribution in [0.4, 0.5) is 30.5 Å². The third kappa shape index (κ3) is 20.6. The van der Waals surface area contributed by atoms with Crippen LogP contribution in [0.2, 0.25) is 0 Å². The van der Waals surface area contributed by atoms with Crippen molar-refractivity contribution in [2.75, 3.05) is 91.7 Å². The molecule has 1 aromatic heterocycles. The summed E-state index contributed by atoms with van der Waals surface area (Å²) in [4.78, 5) is 86.1. The van der Waals surface area contributed by atoms with Crippen molar-refractivity contribution in [2.24, 2.45) is 11.8 Å². The number of rotatable bonds is 34. The fourth-order valence-electron chi connectivity index (χ4n) is 17.0. The highest BCUT2D eigenvalue weighted by Crippen LogP contribution is 2.46. The molecule has 0 radical (unpaired) electrons. The number of halogens is 3. The molecular formula is C90H110BClF2N12O11S. The largest absolute Gasteiger partial charge is 1.00 e. The van der Waals surface area contributed by atoms with Gasteiger partial charge in [0.05, 0.1) is 31.3 Å². The van der Waals surface area contributed by atoms with E-state index in [0.29, 0.717) is 168 Å². The van der Waals surface area contributed by atoms with Crippen molar-refractivity contribution in [3.8, 4) is 39.5 Å². The Kier molecular flexibility index (Phi) is 29.7. The number of sulfonamides is 1. The SMILES string of the molecule is COc1ccc(-c2ccc3n2[B-](F)(F)[N+]2=C(C)C(CCC(=O)NCCCCCC(=O)NCCCC[C@H](NC(=O)[C@H](CC4CCCCC4)NC(=O)N4CCOCC4)C(=O)NCCCCNC(=O)C4CCN(S(=O)(=O)c5ccccc5-c5c6ccc(=[N+](C)c7ccccc7)cc-6oc6cc(N(C)c7ccccc7)ccc56)CC4)=C(C)C2=C3)cc1.[Cl-]. The summed E-state index contributed by atoms with van der Waals surface area (Å²) >= 11 is 0. The number of ether oxygens (including phenoxy) is 2. The van der Waals surface area contributed by atoms with Gasteiger partial charge in [-0.15, -0.1) is 0 Å². The summed E-state index contributed by atoms with van der Waals surface area (Å²) in [6.07, 6.45) is 12.9. The molecule has 5 aromatic carbocycles. The maximum atomic E-state index is 16.6. The molecule has 7 amide bonds. The molecule has 7 aliphatic rings. The number of carbonyl (C=O) groups is 6. The lowest BCUT2D eigenvalue weighted by Gasteiger charge is -2.31. The summed E-state index contributed by atoms with van der Waals surface area (Å²) in [6.45, 7) is 2.49. The number of morpholine rings is 1. The van der Waals surface area contributed by atoms with E-state index in [1.54, 1.807) is 73.5 Å². The second-order valence-electron chi connectivity index (χ2n) is 31.4. The molecule has 626 valence electrons. The number of fused-ring (bicyclic) bond motifs is 4. The van der Waals surface area contributed by atoms with Gasteiger partial charge in [0, 0.05) is 171 Å². The number of aromatic nitrogens is 1. The Morgan fingerprint density at radius 2 is 1.32 bits per heavy atom. The van der Waals surface area contributed by atoms with Gasteiger partial charge in [-0.05, 0) is 162 Å². The van der Waals surface area contributed by atoms with Crippen molar-refractivity contribution in [1.29, 1.82) is 0 Å². The Labute approximate surface area is 696 Å². The number of methoxy groups -OCH3 is 1. The summed E-state index contributed by atoms with van der Waals surface area (Å²) in [6, 6.07) is 47.4. The van der Waals surface area contributed by atoms with E-state index in [4.69, 9.17) is 13.9 Å². The third-order valence-corrected chi connectivity index (χ3v) is 25.7. The van der Waals surface area contributed by atoms with Crippen molar-refractivity contribution in [3.63, 3.8) is 0 Å². The second kappa shape index (κ2) is 40.3. The highest BCUT2D eigenvalue weighted by Gasteiger charge is 2.54.